The summed E-state index contributed by atoms with van der Waals surface area (Å²) >= 11 is 1.31. The number of piperidine rings is 1. The maximum absolute atomic E-state index is 12.1. The van der Waals surface area contributed by atoms with Crippen LogP contribution in [0, 0.1) is 17.2 Å². The lowest BCUT2D eigenvalue weighted by molar-refractivity contribution is 0.0963. The standard InChI is InChI=1S/C15H20N4OS/c1-3-6-18-14(20)13-12(17)11(8-16)15(21-13)19-7-4-5-10(2)9-19/h3,10H,1,4-7,9,17H2,2H3,(H,18,20). The second kappa shape index (κ2) is 6.64. The number of amides is 1. The minimum absolute atomic E-state index is 0.245. The van der Waals surface area contributed by atoms with Gasteiger partial charge in [0.2, 0.25) is 0 Å². The van der Waals surface area contributed by atoms with Crippen LogP contribution in [0.5, 0.6) is 0 Å². The van der Waals surface area contributed by atoms with E-state index in [4.69, 9.17) is 5.73 Å². The summed E-state index contributed by atoms with van der Waals surface area (Å²) in [7, 11) is 0. The molecule has 0 bridgehead atoms. The highest BCUT2D eigenvalue weighted by Crippen LogP contribution is 2.39. The van der Waals surface area contributed by atoms with Gasteiger partial charge in [0.05, 0.1) is 5.69 Å². The van der Waals surface area contributed by atoms with Crippen LogP contribution >= 0.6 is 11.3 Å². The first-order valence-electron chi connectivity index (χ1n) is 7.04. The predicted molar refractivity (Wildman–Crippen MR) is 86.6 cm³/mol. The fourth-order valence-electron chi connectivity index (χ4n) is 2.55. The zero-order valence-corrected chi connectivity index (χ0v) is 13.0. The molecule has 1 saturated heterocycles. The monoisotopic (exact) mass is 304 g/mol. The molecule has 1 fully saturated rings. The van der Waals surface area contributed by atoms with Crippen molar-refractivity contribution in [2.24, 2.45) is 5.92 Å². The van der Waals surface area contributed by atoms with Crippen LogP contribution in [0.2, 0.25) is 0 Å². The second-order valence-corrected chi connectivity index (χ2v) is 6.33. The van der Waals surface area contributed by atoms with Crippen LogP contribution < -0.4 is 16.0 Å². The van der Waals surface area contributed by atoms with E-state index in [2.05, 4.69) is 29.8 Å². The maximum atomic E-state index is 12.1. The van der Waals surface area contributed by atoms with Crippen molar-refractivity contribution >= 4 is 27.9 Å². The molecule has 1 aliphatic heterocycles. The quantitative estimate of drug-likeness (QED) is 0.837. The largest absolute Gasteiger partial charge is 0.396 e. The molecular weight excluding hydrogens is 284 g/mol. The Bertz CT molecular complexity index is 587. The van der Waals surface area contributed by atoms with E-state index in [1.807, 2.05) is 0 Å². The van der Waals surface area contributed by atoms with Crippen LogP contribution in [0.15, 0.2) is 12.7 Å². The maximum Gasteiger partial charge on any atom is 0.263 e. The van der Waals surface area contributed by atoms with Gasteiger partial charge in [-0.05, 0) is 18.8 Å². The summed E-state index contributed by atoms with van der Waals surface area (Å²) in [6.45, 7) is 7.97. The zero-order valence-electron chi connectivity index (χ0n) is 12.2. The van der Waals surface area contributed by atoms with E-state index in [9.17, 15) is 10.1 Å². The number of anilines is 2. The van der Waals surface area contributed by atoms with Gasteiger partial charge in [0.1, 0.15) is 21.5 Å². The summed E-state index contributed by atoms with van der Waals surface area (Å²) in [4.78, 5) is 14.7. The molecular formula is C15H20N4OS. The van der Waals surface area contributed by atoms with E-state index < -0.39 is 0 Å². The molecule has 2 rings (SSSR count). The van der Waals surface area contributed by atoms with E-state index in [0.29, 0.717) is 22.9 Å². The number of carbonyl (C=O) groups is 1. The van der Waals surface area contributed by atoms with Gasteiger partial charge in [0.25, 0.3) is 5.91 Å². The predicted octanol–water partition coefficient (Wildman–Crippen LogP) is 2.35. The van der Waals surface area contributed by atoms with Crippen LogP contribution in [0.4, 0.5) is 10.7 Å². The molecule has 6 heteroatoms. The summed E-state index contributed by atoms with van der Waals surface area (Å²) in [6, 6.07) is 2.15. The summed E-state index contributed by atoms with van der Waals surface area (Å²) < 4.78 is 0. The number of nitrogen functional groups attached to an aromatic ring is 1. The van der Waals surface area contributed by atoms with E-state index >= 15 is 0 Å². The number of rotatable bonds is 4. The van der Waals surface area contributed by atoms with Crippen LogP contribution in [-0.4, -0.2) is 25.5 Å². The number of hydrogen-bond acceptors (Lipinski definition) is 5. The Balaban J connectivity index is 2.32. The van der Waals surface area contributed by atoms with Gasteiger partial charge < -0.3 is 16.0 Å². The summed E-state index contributed by atoms with van der Waals surface area (Å²) in [5.74, 6) is 0.344. The van der Waals surface area contributed by atoms with Crippen molar-refractivity contribution < 1.29 is 4.79 Å². The van der Waals surface area contributed by atoms with Crippen molar-refractivity contribution in [3.05, 3.63) is 23.1 Å². The second-order valence-electron chi connectivity index (χ2n) is 5.33. The Morgan fingerprint density at radius 3 is 3.10 bits per heavy atom. The third-order valence-electron chi connectivity index (χ3n) is 3.60. The van der Waals surface area contributed by atoms with Crippen molar-refractivity contribution in [1.82, 2.24) is 5.32 Å². The number of nitrogens with two attached hydrogens (primary N) is 1. The van der Waals surface area contributed by atoms with Gasteiger partial charge >= 0.3 is 0 Å². The van der Waals surface area contributed by atoms with Crippen molar-refractivity contribution in [3.8, 4) is 6.07 Å². The Morgan fingerprint density at radius 1 is 1.71 bits per heavy atom. The van der Waals surface area contributed by atoms with E-state index in [1.54, 1.807) is 6.08 Å². The van der Waals surface area contributed by atoms with Crippen molar-refractivity contribution in [2.75, 3.05) is 30.3 Å². The normalized spacial score (nSPS) is 18.1. The number of nitrogens with one attached hydrogen (secondary N) is 1. The van der Waals surface area contributed by atoms with Crippen LogP contribution in [0.3, 0.4) is 0 Å². The van der Waals surface area contributed by atoms with Gasteiger partial charge in [-0.15, -0.1) is 17.9 Å². The van der Waals surface area contributed by atoms with Crippen LogP contribution in [0.25, 0.3) is 0 Å². The number of nitriles is 1. The third kappa shape index (κ3) is 3.19. The minimum Gasteiger partial charge on any atom is -0.396 e. The number of hydrogen-bond donors (Lipinski definition) is 2. The highest BCUT2D eigenvalue weighted by molar-refractivity contribution is 7.19. The third-order valence-corrected chi connectivity index (χ3v) is 4.86. The topological polar surface area (TPSA) is 82.2 Å². The highest BCUT2D eigenvalue weighted by atomic mass is 32.1. The zero-order chi connectivity index (χ0) is 15.4. The van der Waals surface area contributed by atoms with Crippen molar-refractivity contribution in [3.63, 3.8) is 0 Å². The summed E-state index contributed by atoms with van der Waals surface area (Å²) in [6.07, 6.45) is 3.91. The lowest BCUT2D eigenvalue weighted by Gasteiger charge is -2.31. The van der Waals surface area contributed by atoms with E-state index in [0.717, 1.165) is 24.5 Å². The van der Waals surface area contributed by atoms with E-state index in [-0.39, 0.29) is 11.6 Å². The molecule has 0 aromatic carbocycles. The first-order chi connectivity index (χ1) is 10.1. The van der Waals surface area contributed by atoms with Crippen molar-refractivity contribution in [2.45, 2.75) is 19.8 Å². The van der Waals surface area contributed by atoms with Crippen LogP contribution in [-0.2, 0) is 0 Å². The lowest BCUT2D eigenvalue weighted by Crippen LogP contribution is -2.34. The molecule has 1 atom stereocenters. The van der Waals surface area contributed by atoms with Gasteiger partial charge in [-0.1, -0.05) is 13.0 Å². The summed E-state index contributed by atoms with van der Waals surface area (Å²) in [5.41, 5.74) is 6.72. The fraction of sp³-hybridized carbons (Fsp3) is 0.467. The van der Waals surface area contributed by atoms with Gasteiger partial charge in [0.15, 0.2) is 0 Å². The van der Waals surface area contributed by atoms with Gasteiger partial charge in [-0.3, -0.25) is 4.79 Å². The first kappa shape index (κ1) is 15.4. The lowest BCUT2D eigenvalue weighted by atomic mass is 10.0. The molecule has 3 N–H and O–H groups in total. The highest BCUT2D eigenvalue weighted by Gasteiger charge is 2.26. The molecule has 1 aliphatic rings. The molecule has 2 heterocycles. The molecule has 0 spiro atoms. The molecule has 0 saturated carbocycles. The Labute approximate surface area is 129 Å². The van der Waals surface area contributed by atoms with Crippen LogP contribution in [0.1, 0.15) is 35.0 Å². The number of nitrogens with zero attached hydrogens (tertiary/aromatic N) is 2. The Hall–Kier alpha value is -2.00. The molecule has 5 nitrogen and oxygen atoms in total. The van der Waals surface area contributed by atoms with Crippen molar-refractivity contribution in [1.29, 1.82) is 5.26 Å². The smallest absolute Gasteiger partial charge is 0.263 e. The van der Waals surface area contributed by atoms with Gasteiger partial charge in [0, 0.05) is 19.6 Å². The molecule has 0 aliphatic carbocycles. The molecule has 0 radical (unpaired) electrons. The SMILES string of the molecule is C=CCNC(=O)c1sc(N2CCCC(C)C2)c(C#N)c1N. The molecule has 1 unspecified atom stereocenters. The average molecular weight is 304 g/mol. The number of carbonyl (C=O) groups excluding carboxylic acids is 1. The first-order valence-corrected chi connectivity index (χ1v) is 7.86. The molecule has 1 aromatic heterocycles. The molecule has 1 aromatic rings. The molecule has 1 amide bonds. The molecule has 112 valence electrons. The van der Waals surface area contributed by atoms with E-state index in [1.165, 1.54) is 17.8 Å². The Morgan fingerprint density at radius 2 is 2.48 bits per heavy atom. The average Bonchev–Trinajstić information content (AvgIpc) is 2.81. The molecule has 21 heavy (non-hydrogen) atoms. The Kier molecular flexibility index (Phi) is 4.86. The minimum atomic E-state index is -0.245. The fourth-order valence-corrected chi connectivity index (χ4v) is 3.67. The number of thiophene rings is 1. The summed E-state index contributed by atoms with van der Waals surface area (Å²) in [5, 5.41) is 12.9. The van der Waals surface area contributed by atoms with Gasteiger partial charge in [-0.25, -0.2) is 0 Å². The van der Waals surface area contributed by atoms with Gasteiger partial charge in [-0.2, -0.15) is 5.26 Å².